The maximum Gasteiger partial charge on any atom is 0.221 e. The molecule has 1 aliphatic rings. The van der Waals surface area contributed by atoms with Crippen molar-refractivity contribution < 1.29 is 4.79 Å². The van der Waals surface area contributed by atoms with Crippen LogP contribution >= 0.6 is 11.8 Å². The molecule has 1 saturated carbocycles. The fraction of sp³-hybridized carbons (Fsp3) is 0.435. The number of hydrogen-bond donors (Lipinski definition) is 1. The van der Waals surface area contributed by atoms with Crippen molar-refractivity contribution in [3.8, 4) is 5.69 Å². The molecular formula is C23H28N6OS. The van der Waals surface area contributed by atoms with Gasteiger partial charge in [-0.1, -0.05) is 33.8 Å². The summed E-state index contributed by atoms with van der Waals surface area (Å²) in [6, 6.07) is 9.84. The molecule has 0 radical (unpaired) electrons. The van der Waals surface area contributed by atoms with Crippen LogP contribution in [-0.2, 0) is 4.79 Å². The molecule has 2 aromatic heterocycles. The number of anilines is 1. The summed E-state index contributed by atoms with van der Waals surface area (Å²) < 4.78 is 2.10. The molecule has 2 heterocycles. The van der Waals surface area contributed by atoms with Crippen LogP contribution in [0.3, 0.4) is 0 Å². The maximum absolute atomic E-state index is 11.5. The second kappa shape index (κ2) is 8.78. The van der Waals surface area contributed by atoms with Gasteiger partial charge in [-0.05, 0) is 54.8 Å². The molecule has 1 aromatic carbocycles. The van der Waals surface area contributed by atoms with Crippen LogP contribution in [0.5, 0.6) is 0 Å². The number of rotatable bonds is 7. The van der Waals surface area contributed by atoms with Gasteiger partial charge in [0.15, 0.2) is 0 Å². The third-order valence-electron chi connectivity index (χ3n) is 5.07. The van der Waals surface area contributed by atoms with E-state index in [-0.39, 0.29) is 11.8 Å². The third kappa shape index (κ3) is 4.95. The highest BCUT2D eigenvalue weighted by Gasteiger charge is 2.31. The van der Waals surface area contributed by atoms with E-state index >= 15 is 0 Å². The molecule has 0 atom stereocenters. The number of carbonyl (C=O) groups excluding carboxylic acids is 1. The lowest BCUT2D eigenvalue weighted by Gasteiger charge is -2.13. The Hall–Kier alpha value is -2.74. The summed E-state index contributed by atoms with van der Waals surface area (Å²) in [7, 11) is 0. The van der Waals surface area contributed by atoms with Gasteiger partial charge >= 0.3 is 0 Å². The predicted octanol–water partition coefficient (Wildman–Crippen LogP) is 5.29. The van der Waals surface area contributed by atoms with Crippen molar-refractivity contribution in [1.29, 1.82) is 0 Å². The third-order valence-corrected chi connectivity index (χ3v) is 5.93. The van der Waals surface area contributed by atoms with Crippen molar-refractivity contribution >= 4 is 23.4 Å². The molecule has 1 N–H and O–H groups in total. The second-order valence-corrected chi connectivity index (χ2v) is 9.57. The fourth-order valence-corrected chi connectivity index (χ4v) is 4.16. The second-order valence-electron chi connectivity index (χ2n) is 8.58. The van der Waals surface area contributed by atoms with E-state index in [2.05, 4.69) is 47.8 Å². The minimum atomic E-state index is -0.0960. The monoisotopic (exact) mass is 436 g/mol. The smallest absolute Gasteiger partial charge is 0.221 e. The number of nitrogens with one attached hydrogen (secondary N) is 1. The number of benzene rings is 1. The van der Waals surface area contributed by atoms with Gasteiger partial charge in [-0.15, -0.1) is 10.2 Å². The Morgan fingerprint density at radius 1 is 1.10 bits per heavy atom. The van der Waals surface area contributed by atoms with Crippen LogP contribution in [0, 0.1) is 0 Å². The number of hydrogen-bond acceptors (Lipinski definition) is 6. The van der Waals surface area contributed by atoms with E-state index in [9.17, 15) is 4.79 Å². The zero-order valence-electron chi connectivity index (χ0n) is 18.6. The van der Waals surface area contributed by atoms with Crippen molar-refractivity contribution in [2.45, 2.75) is 75.4 Å². The van der Waals surface area contributed by atoms with Gasteiger partial charge in [-0.3, -0.25) is 9.36 Å². The van der Waals surface area contributed by atoms with Gasteiger partial charge in [-0.25, -0.2) is 9.97 Å². The number of amides is 1. The summed E-state index contributed by atoms with van der Waals surface area (Å²) in [5.74, 6) is 2.69. The summed E-state index contributed by atoms with van der Waals surface area (Å²) in [5.41, 5.74) is 2.72. The highest BCUT2D eigenvalue weighted by Crippen LogP contribution is 2.42. The molecule has 0 aliphatic heterocycles. The van der Waals surface area contributed by atoms with Gasteiger partial charge in [0, 0.05) is 30.1 Å². The molecule has 7 nitrogen and oxygen atoms in total. The Morgan fingerprint density at radius 2 is 1.87 bits per heavy atom. The first kappa shape index (κ1) is 21.5. The average molecular weight is 437 g/mol. The molecule has 0 saturated heterocycles. The summed E-state index contributed by atoms with van der Waals surface area (Å²) >= 11 is 1.51. The van der Waals surface area contributed by atoms with Crippen LogP contribution < -0.4 is 5.32 Å². The van der Waals surface area contributed by atoms with E-state index in [0.717, 1.165) is 51.7 Å². The standard InChI is InChI=1S/C23H28N6OS/c1-13(2)19-12-20(26-21(25-19)14(3)4)31-23-28-27-22(16-9-10-16)29(23)18-8-6-7-17(11-18)24-15(5)30/h6-8,11-14,16H,9-10H2,1-5H3,(H,24,30). The normalized spacial score (nSPS) is 13.8. The molecule has 0 spiro atoms. The van der Waals surface area contributed by atoms with Crippen LogP contribution in [0.15, 0.2) is 40.5 Å². The lowest BCUT2D eigenvalue weighted by Crippen LogP contribution is -2.07. The quantitative estimate of drug-likeness (QED) is 0.507. The summed E-state index contributed by atoms with van der Waals surface area (Å²) in [4.78, 5) is 21.0. The van der Waals surface area contributed by atoms with Crippen LogP contribution in [-0.4, -0.2) is 30.6 Å². The predicted molar refractivity (Wildman–Crippen MR) is 122 cm³/mol. The van der Waals surface area contributed by atoms with Crippen molar-refractivity contribution in [2.24, 2.45) is 0 Å². The first-order valence-corrected chi connectivity index (χ1v) is 11.5. The van der Waals surface area contributed by atoms with Gasteiger partial charge < -0.3 is 5.32 Å². The van der Waals surface area contributed by atoms with Crippen LogP contribution in [0.4, 0.5) is 5.69 Å². The largest absolute Gasteiger partial charge is 0.326 e. The molecule has 0 unspecified atom stereocenters. The van der Waals surface area contributed by atoms with Gasteiger partial charge in [0.05, 0.1) is 5.69 Å². The summed E-state index contributed by atoms with van der Waals surface area (Å²) in [6.45, 7) is 10.0. The van der Waals surface area contributed by atoms with Crippen molar-refractivity contribution in [3.63, 3.8) is 0 Å². The molecule has 31 heavy (non-hydrogen) atoms. The van der Waals surface area contributed by atoms with Crippen LogP contribution in [0.2, 0.25) is 0 Å². The highest BCUT2D eigenvalue weighted by molar-refractivity contribution is 7.99. The van der Waals surface area contributed by atoms with Gasteiger partial charge in [0.25, 0.3) is 0 Å². The molecule has 1 amide bonds. The minimum absolute atomic E-state index is 0.0960. The van der Waals surface area contributed by atoms with E-state index in [1.54, 1.807) is 0 Å². The first-order chi connectivity index (χ1) is 14.8. The van der Waals surface area contributed by atoms with E-state index in [0.29, 0.717) is 11.8 Å². The zero-order valence-corrected chi connectivity index (χ0v) is 19.4. The SMILES string of the molecule is CC(=O)Nc1cccc(-n2c(Sc3cc(C(C)C)nc(C(C)C)n3)nnc2C2CC2)c1. The Balaban J connectivity index is 1.75. The number of aromatic nitrogens is 5. The van der Waals surface area contributed by atoms with E-state index in [1.165, 1.54) is 18.7 Å². The van der Waals surface area contributed by atoms with Crippen LogP contribution in [0.25, 0.3) is 5.69 Å². The maximum atomic E-state index is 11.5. The van der Waals surface area contributed by atoms with Gasteiger partial charge in [0.2, 0.25) is 11.1 Å². The molecule has 3 aromatic rings. The lowest BCUT2D eigenvalue weighted by molar-refractivity contribution is -0.114. The van der Waals surface area contributed by atoms with Gasteiger partial charge in [-0.2, -0.15) is 0 Å². The van der Waals surface area contributed by atoms with Gasteiger partial charge in [0.1, 0.15) is 16.7 Å². The van der Waals surface area contributed by atoms with Crippen molar-refractivity contribution in [3.05, 3.63) is 47.7 Å². The zero-order chi connectivity index (χ0) is 22.1. The molecule has 1 aliphatic carbocycles. The van der Waals surface area contributed by atoms with E-state index < -0.39 is 0 Å². The summed E-state index contributed by atoms with van der Waals surface area (Å²) in [6.07, 6.45) is 2.24. The molecule has 0 bridgehead atoms. The highest BCUT2D eigenvalue weighted by atomic mass is 32.2. The molecule has 1 fully saturated rings. The fourth-order valence-electron chi connectivity index (χ4n) is 3.28. The Morgan fingerprint density at radius 3 is 2.52 bits per heavy atom. The van der Waals surface area contributed by atoms with Crippen molar-refractivity contribution in [1.82, 2.24) is 24.7 Å². The minimum Gasteiger partial charge on any atom is -0.326 e. The van der Waals surface area contributed by atoms with E-state index in [4.69, 9.17) is 9.97 Å². The Bertz CT molecular complexity index is 1080. The topological polar surface area (TPSA) is 85.6 Å². The molecule has 8 heteroatoms. The first-order valence-electron chi connectivity index (χ1n) is 10.7. The molecule has 162 valence electrons. The number of nitrogens with zero attached hydrogens (tertiary/aromatic N) is 5. The Labute approximate surface area is 187 Å². The lowest BCUT2D eigenvalue weighted by atomic mass is 10.1. The molecular weight excluding hydrogens is 408 g/mol. The van der Waals surface area contributed by atoms with E-state index in [1.807, 2.05) is 30.3 Å². The van der Waals surface area contributed by atoms with Crippen LogP contribution in [0.1, 0.15) is 82.6 Å². The Kier molecular flexibility index (Phi) is 6.09. The number of carbonyl (C=O) groups is 1. The average Bonchev–Trinajstić information content (AvgIpc) is 3.48. The summed E-state index contributed by atoms with van der Waals surface area (Å²) in [5, 5.41) is 13.5. The van der Waals surface area contributed by atoms with Crippen molar-refractivity contribution in [2.75, 3.05) is 5.32 Å². The molecule has 4 rings (SSSR count).